The van der Waals surface area contributed by atoms with E-state index in [0.29, 0.717) is 12.1 Å². The zero-order chi connectivity index (χ0) is 12.4. The van der Waals surface area contributed by atoms with E-state index in [1.165, 1.54) is 6.42 Å². The summed E-state index contributed by atoms with van der Waals surface area (Å²) in [4.78, 5) is 2.30. The van der Waals surface area contributed by atoms with Crippen LogP contribution in [0.25, 0.3) is 0 Å². The average molecular weight is 228 g/mol. The maximum atomic E-state index is 9.06. The van der Waals surface area contributed by atoms with Crippen molar-refractivity contribution < 1.29 is 5.11 Å². The summed E-state index contributed by atoms with van der Waals surface area (Å²) in [6.07, 6.45) is 4.24. The molecular formula is C13H28N2O. The zero-order valence-corrected chi connectivity index (χ0v) is 11.1. The van der Waals surface area contributed by atoms with Crippen LogP contribution in [-0.2, 0) is 0 Å². The van der Waals surface area contributed by atoms with Crippen LogP contribution in [0.5, 0.6) is 0 Å². The lowest BCUT2D eigenvalue weighted by Crippen LogP contribution is -2.45. The molecule has 96 valence electrons. The van der Waals surface area contributed by atoms with Gasteiger partial charge in [0.1, 0.15) is 0 Å². The van der Waals surface area contributed by atoms with Crippen molar-refractivity contribution in [3.8, 4) is 0 Å². The van der Waals surface area contributed by atoms with E-state index >= 15 is 0 Å². The molecule has 0 aliphatic carbocycles. The molecule has 1 unspecified atom stereocenters. The van der Waals surface area contributed by atoms with Crippen LogP contribution in [0.1, 0.15) is 33.6 Å². The minimum absolute atomic E-state index is 0.218. The van der Waals surface area contributed by atoms with E-state index in [0.717, 1.165) is 26.1 Å². The lowest BCUT2D eigenvalue weighted by molar-refractivity contribution is 0.153. The Kier molecular flexibility index (Phi) is 9.59. The molecule has 16 heavy (non-hydrogen) atoms. The van der Waals surface area contributed by atoms with Gasteiger partial charge in [-0.3, -0.25) is 4.90 Å². The third kappa shape index (κ3) is 6.99. The second kappa shape index (κ2) is 9.82. The second-order valence-corrected chi connectivity index (χ2v) is 4.51. The molecule has 1 atom stereocenters. The Morgan fingerprint density at radius 1 is 1.44 bits per heavy atom. The normalized spacial score (nSPS) is 13.4. The lowest BCUT2D eigenvalue weighted by Gasteiger charge is -2.31. The molecule has 2 N–H and O–H groups in total. The van der Waals surface area contributed by atoms with Crippen molar-refractivity contribution in [1.82, 2.24) is 10.2 Å². The van der Waals surface area contributed by atoms with Crippen LogP contribution in [0, 0.1) is 0 Å². The molecule has 0 aliphatic rings. The van der Waals surface area contributed by atoms with Crippen molar-refractivity contribution in [3.63, 3.8) is 0 Å². The van der Waals surface area contributed by atoms with Crippen molar-refractivity contribution in [2.24, 2.45) is 0 Å². The Morgan fingerprint density at radius 3 is 2.56 bits per heavy atom. The van der Waals surface area contributed by atoms with Crippen LogP contribution in [0.2, 0.25) is 0 Å². The molecule has 0 spiro atoms. The highest BCUT2D eigenvalue weighted by Crippen LogP contribution is 2.06. The molecule has 0 radical (unpaired) electrons. The zero-order valence-electron chi connectivity index (χ0n) is 11.1. The summed E-state index contributed by atoms with van der Waals surface area (Å²) in [5, 5.41) is 12.5. The maximum absolute atomic E-state index is 9.06. The first-order valence-electron chi connectivity index (χ1n) is 6.34. The summed E-state index contributed by atoms with van der Waals surface area (Å²) in [7, 11) is 0. The first-order chi connectivity index (χ1) is 7.65. The van der Waals surface area contributed by atoms with E-state index in [-0.39, 0.29) is 6.61 Å². The van der Waals surface area contributed by atoms with Gasteiger partial charge in [-0.1, -0.05) is 33.3 Å². The average Bonchev–Trinajstić information content (AvgIpc) is 2.24. The van der Waals surface area contributed by atoms with E-state index < -0.39 is 0 Å². The van der Waals surface area contributed by atoms with Crippen molar-refractivity contribution in [3.05, 3.63) is 12.7 Å². The SMILES string of the molecule is C=CCN(CCO)C(CCC)CNC(C)C. The molecule has 0 saturated heterocycles. The lowest BCUT2D eigenvalue weighted by atomic mass is 10.1. The number of hydrogen-bond acceptors (Lipinski definition) is 3. The first kappa shape index (κ1) is 15.6. The van der Waals surface area contributed by atoms with Crippen LogP contribution < -0.4 is 5.32 Å². The highest BCUT2D eigenvalue weighted by Gasteiger charge is 2.16. The highest BCUT2D eigenvalue weighted by atomic mass is 16.3. The minimum Gasteiger partial charge on any atom is -0.395 e. The molecule has 0 aromatic carbocycles. The fourth-order valence-corrected chi connectivity index (χ4v) is 1.84. The molecule has 0 rings (SSSR count). The minimum atomic E-state index is 0.218. The van der Waals surface area contributed by atoms with Crippen LogP contribution in [0.3, 0.4) is 0 Å². The van der Waals surface area contributed by atoms with Gasteiger partial charge in [0.2, 0.25) is 0 Å². The fraction of sp³-hybridized carbons (Fsp3) is 0.846. The van der Waals surface area contributed by atoms with Gasteiger partial charge < -0.3 is 10.4 Å². The Labute approximate surface area is 101 Å². The topological polar surface area (TPSA) is 35.5 Å². The maximum Gasteiger partial charge on any atom is 0.0558 e. The Bertz CT molecular complexity index is 171. The fourth-order valence-electron chi connectivity index (χ4n) is 1.84. The van der Waals surface area contributed by atoms with E-state index in [1.807, 2.05) is 6.08 Å². The predicted molar refractivity (Wildman–Crippen MR) is 70.7 cm³/mol. The van der Waals surface area contributed by atoms with Gasteiger partial charge in [-0.25, -0.2) is 0 Å². The van der Waals surface area contributed by atoms with Gasteiger partial charge >= 0.3 is 0 Å². The van der Waals surface area contributed by atoms with E-state index in [9.17, 15) is 0 Å². The monoisotopic (exact) mass is 228 g/mol. The summed E-state index contributed by atoms with van der Waals surface area (Å²) in [6.45, 7) is 13.1. The highest BCUT2D eigenvalue weighted by molar-refractivity contribution is 4.81. The molecule has 0 amide bonds. The van der Waals surface area contributed by atoms with Gasteiger partial charge in [-0.05, 0) is 6.42 Å². The quantitative estimate of drug-likeness (QED) is 0.558. The van der Waals surface area contributed by atoms with Gasteiger partial charge in [0.25, 0.3) is 0 Å². The first-order valence-corrected chi connectivity index (χ1v) is 6.34. The van der Waals surface area contributed by atoms with E-state index in [4.69, 9.17) is 5.11 Å². The number of hydrogen-bond donors (Lipinski definition) is 2. The summed E-state index contributed by atoms with van der Waals surface area (Å²) >= 11 is 0. The largest absolute Gasteiger partial charge is 0.395 e. The third-order valence-corrected chi connectivity index (χ3v) is 2.65. The van der Waals surface area contributed by atoms with Crippen LogP contribution in [-0.4, -0.2) is 48.3 Å². The summed E-state index contributed by atoms with van der Waals surface area (Å²) < 4.78 is 0. The summed E-state index contributed by atoms with van der Waals surface area (Å²) in [5.74, 6) is 0. The van der Waals surface area contributed by atoms with Gasteiger partial charge in [0, 0.05) is 31.7 Å². The molecular weight excluding hydrogens is 200 g/mol. The van der Waals surface area contributed by atoms with Gasteiger partial charge in [-0.2, -0.15) is 0 Å². The van der Waals surface area contributed by atoms with Crippen molar-refractivity contribution >= 4 is 0 Å². The van der Waals surface area contributed by atoms with Crippen molar-refractivity contribution in [1.29, 1.82) is 0 Å². The number of aliphatic hydroxyl groups excluding tert-OH is 1. The molecule has 0 aliphatic heterocycles. The number of nitrogens with one attached hydrogen (secondary N) is 1. The third-order valence-electron chi connectivity index (χ3n) is 2.65. The number of nitrogens with zero attached hydrogens (tertiary/aromatic N) is 1. The summed E-state index contributed by atoms with van der Waals surface area (Å²) in [6, 6.07) is 1.01. The molecule has 0 aromatic heterocycles. The molecule has 0 bridgehead atoms. The van der Waals surface area contributed by atoms with Crippen molar-refractivity contribution in [2.45, 2.75) is 45.7 Å². The second-order valence-electron chi connectivity index (χ2n) is 4.51. The van der Waals surface area contributed by atoms with Gasteiger partial charge in [-0.15, -0.1) is 6.58 Å². The van der Waals surface area contributed by atoms with E-state index in [2.05, 4.69) is 37.6 Å². The van der Waals surface area contributed by atoms with Crippen LogP contribution >= 0.6 is 0 Å². The molecule has 0 heterocycles. The predicted octanol–water partition coefficient (Wildman–Crippen LogP) is 1.63. The molecule has 3 nitrogen and oxygen atoms in total. The van der Waals surface area contributed by atoms with Gasteiger partial charge in [0.05, 0.1) is 6.61 Å². The Morgan fingerprint density at radius 2 is 2.12 bits per heavy atom. The Balaban J connectivity index is 4.24. The van der Waals surface area contributed by atoms with E-state index in [1.54, 1.807) is 0 Å². The van der Waals surface area contributed by atoms with Gasteiger partial charge in [0.15, 0.2) is 0 Å². The molecule has 3 heteroatoms. The standard InChI is InChI=1S/C13H28N2O/c1-5-7-13(11-14-12(3)4)15(8-6-2)9-10-16/h6,12-14,16H,2,5,7-11H2,1,3-4H3. The molecule has 0 saturated carbocycles. The van der Waals surface area contributed by atoms with Crippen LogP contribution in [0.15, 0.2) is 12.7 Å². The van der Waals surface area contributed by atoms with Crippen LogP contribution in [0.4, 0.5) is 0 Å². The Hall–Kier alpha value is -0.380. The molecule has 0 fully saturated rings. The van der Waals surface area contributed by atoms with Crippen molar-refractivity contribution in [2.75, 3.05) is 26.2 Å². The summed E-state index contributed by atoms with van der Waals surface area (Å²) in [5.41, 5.74) is 0. The molecule has 0 aromatic rings. The number of rotatable bonds is 10. The number of aliphatic hydroxyl groups is 1. The smallest absolute Gasteiger partial charge is 0.0558 e.